The molecule has 0 spiro atoms. The number of halogens is 1. The summed E-state index contributed by atoms with van der Waals surface area (Å²) in [5, 5.41) is 13.6. The predicted molar refractivity (Wildman–Crippen MR) is 80.2 cm³/mol. The molecule has 0 radical (unpaired) electrons. The molecular formula is C13H16ClN5OS. The molecule has 0 aliphatic carbocycles. The highest BCUT2D eigenvalue weighted by Gasteiger charge is 2.39. The Balaban J connectivity index is 1.73. The van der Waals surface area contributed by atoms with Crippen LogP contribution in [0.2, 0.25) is 5.02 Å². The zero-order valence-corrected chi connectivity index (χ0v) is 13.3. The van der Waals surface area contributed by atoms with Crippen molar-refractivity contribution < 1.29 is 4.79 Å². The summed E-state index contributed by atoms with van der Waals surface area (Å²) >= 11 is 7.64. The lowest BCUT2D eigenvalue weighted by molar-refractivity contribution is -0.135. The fraction of sp³-hybridized carbons (Fsp3) is 0.538. The number of hydrogen-bond acceptors (Lipinski definition) is 5. The summed E-state index contributed by atoms with van der Waals surface area (Å²) in [5.41, 5.74) is -0.153. The molecule has 0 aromatic carbocycles. The summed E-state index contributed by atoms with van der Waals surface area (Å²) in [6.07, 6.45) is 4.33. The zero-order chi connectivity index (χ0) is 14.9. The van der Waals surface area contributed by atoms with Gasteiger partial charge in [-0.2, -0.15) is 0 Å². The summed E-state index contributed by atoms with van der Waals surface area (Å²) in [6.45, 7) is 3.12. The zero-order valence-electron chi connectivity index (χ0n) is 11.7. The smallest absolute Gasteiger partial charge is 0.244 e. The Morgan fingerprint density at radius 3 is 3.10 bits per heavy atom. The van der Waals surface area contributed by atoms with Crippen LogP contribution < -0.4 is 0 Å². The fourth-order valence-electron chi connectivity index (χ4n) is 2.93. The van der Waals surface area contributed by atoms with Gasteiger partial charge in [-0.15, -0.1) is 16.4 Å². The van der Waals surface area contributed by atoms with E-state index in [-0.39, 0.29) is 18.0 Å². The minimum Gasteiger partial charge on any atom is -0.335 e. The van der Waals surface area contributed by atoms with Crippen LogP contribution in [0.15, 0.2) is 17.8 Å². The Morgan fingerprint density at radius 1 is 1.57 bits per heavy atom. The van der Waals surface area contributed by atoms with Crippen molar-refractivity contribution in [3.8, 4) is 0 Å². The van der Waals surface area contributed by atoms with Crippen LogP contribution in [0.1, 0.15) is 24.6 Å². The lowest BCUT2D eigenvalue weighted by Crippen LogP contribution is -2.47. The van der Waals surface area contributed by atoms with Gasteiger partial charge in [0.2, 0.25) is 5.91 Å². The molecule has 3 heterocycles. The molecule has 2 aromatic rings. The molecule has 1 aliphatic rings. The number of rotatable bonds is 4. The maximum atomic E-state index is 12.5. The third-order valence-corrected chi connectivity index (χ3v) is 5.20. The molecule has 8 heteroatoms. The highest BCUT2D eigenvalue weighted by molar-refractivity contribution is 7.10. The topological polar surface area (TPSA) is 63.9 Å². The van der Waals surface area contributed by atoms with Crippen LogP contribution in [0.4, 0.5) is 0 Å². The van der Waals surface area contributed by atoms with Crippen LogP contribution >= 0.6 is 22.9 Å². The monoisotopic (exact) mass is 325 g/mol. The van der Waals surface area contributed by atoms with E-state index in [9.17, 15) is 4.79 Å². The first-order valence-corrected chi connectivity index (χ1v) is 8.07. The summed E-state index contributed by atoms with van der Waals surface area (Å²) < 4.78 is 1.46. The maximum Gasteiger partial charge on any atom is 0.244 e. The van der Waals surface area contributed by atoms with Gasteiger partial charge in [-0.25, -0.2) is 4.68 Å². The second kappa shape index (κ2) is 5.73. The minimum absolute atomic E-state index is 0.0601. The summed E-state index contributed by atoms with van der Waals surface area (Å²) in [5.74, 6) is 0.0601. The van der Waals surface area contributed by atoms with Gasteiger partial charge in [0.1, 0.15) is 12.9 Å². The number of thiophene rings is 1. The van der Waals surface area contributed by atoms with Crippen LogP contribution in [0.3, 0.4) is 0 Å². The van der Waals surface area contributed by atoms with Gasteiger partial charge in [-0.05, 0) is 36.3 Å². The van der Waals surface area contributed by atoms with Crippen LogP contribution in [0.25, 0.3) is 0 Å². The molecule has 2 aromatic heterocycles. The van der Waals surface area contributed by atoms with Gasteiger partial charge in [-0.1, -0.05) is 11.6 Å². The lowest BCUT2D eigenvalue weighted by Gasteiger charge is -2.35. The molecule has 6 nitrogen and oxygen atoms in total. The van der Waals surface area contributed by atoms with Gasteiger partial charge in [0, 0.05) is 28.8 Å². The average Bonchev–Trinajstić information content (AvgIpc) is 3.13. The number of carbonyl (C=O) groups is 1. The van der Waals surface area contributed by atoms with Crippen molar-refractivity contribution in [3.63, 3.8) is 0 Å². The third-order valence-electron chi connectivity index (χ3n) is 3.92. The van der Waals surface area contributed by atoms with Crippen molar-refractivity contribution in [1.82, 2.24) is 25.1 Å². The number of aromatic nitrogens is 4. The first-order chi connectivity index (χ1) is 10.1. The molecule has 3 rings (SSSR count). The Labute approximate surface area is 131 Å². The van der Waals surface area contributed by atoms with E-state index in [0.29, 0.717) is 0 Å². The van der Waals surface area contributed by atoms with Crippen molar-refractivity contribution in [2.24, 2.45) is 0 Å². The number of amides is 1. The Morgan fingerprint density at radius 2 is 2.43 bits per heavy atom. The van der Waals surface area contributed by atoms with Gasteiger partial charge in [0.25, 0.3) is 0 Å². The van der Waals surface area contributed by atoms with E-state index in [1.807, 2.05) is 16.3 Å². The van der Waals surface area contributed by atoms with Crippen LogP contribution in [0.5, 0.6) is 0 Å². The van der Waals surface area contributed by atoms with E-state index in [1.165, 1.54) is 15.9 Å². The first-order valence-electron chi connectivity index (χ1n) is 6.81. The normalized spacial score (nSPS) is 21.9. The van der Waals surface area contributed by atoms with Crippen LogP contribution in [0, 0.1) is 0 Å². The molecule has 1 unspecified atom stereocenters. The number of likely N-dealkylation sites (tertiary alicyclic amines) is 1. The molecule has 112 valence electrons. The molecule has 0 N–H and O–H groups in total. The van der Waals surface area contributed by atoms with Crippen molar-refractivity contribution in [2.45, 2.75) is 38.3 Å². The number of hydrogen-bond donors (Lipinski definition) is 0. The Kier molecular flexibility index (Phi) is 3.95. The quantitative estimate of drug-likeness (QED) is 0.862. The predicted octanol–water partition coefficient (Wildman–Crippen LogP) is 2.01. The van der Waals surface area contributed by atoms with Crippen LogP contribution in [-0.2, 0) is 17.8 Å². The van der Waals surface area contributed by atoms with E-state index in [4.69, 9.17) is 11.6 Å². The SMILES string of the molecule is CC1(Cc2cc(Cl)cs2)CCCN1C(=O)Cn1cnnn1. The number of tetrazole rings is 1. The second-order valence-corrected chi connectivity index (χ2v) is 6.99. The van der Waals surface area contributed by atoms with Gasteiger partial charge < -0.3 is 4.90 Å². The molecule has 0 bridgehead atoms. The van der Waals surface area contributed by atoms with Crippen molar-refractivity contribution in [3.05, 3.63) is 27.7 Å². The molecule has 21 heavy (non-hydrogen) atoms. The van der Waals surface area contributed by atoms with Crippen LogP contribution in [-0.4, -0.2) is 43.1 Å². The minimum atomic E-state index is -0.153. The average molecular weight is 326 g/mol. The molecule has 1 saturated heterocycles. The Bertz CT molecular complexity index is 628. The standard InChI is InChI=1S/C13H16ClN5OS/c1-13(6-11-5-10(14)8-21-11)3-2-4-19(13)12(20)7-18-9-15-16-17-18/h5,8-9H,2-4,6-7H2,1H3. The molecule has 1 fully saturated rings. The summed E-state index contributed by atoms with van der Waals surface area (Å²) in [4.78, 5) is 15.7. The lowest BCUT2D eigenvalue weighted by atomic mass is 9.93. The van der Waals surface area contributed by atoms with E-state index in [2.05, 4.69) is 22.4 Å². The van der Waals surface area contributed by atoms with E-state index < -0.39 is 0 Å². The molecule has 1 amide bonds. The first kappa shape index (κ1) is 14.5. The summed E-state index contributed by atoms with van der Waals surface area (Å²) in [7, 11) is 0. The number of nitrogens with zero attached hydrogens (tertiary/aromatic N) is 5. The second-order valence-electron chi connectivity index (χ2n) is 5.56. The molecule has 1 atom stereocenters. The largest absolute Gasteiger partial charge is 0.335 e. The maximum absolute atomic E-state index is 12.5. The third kappa shape index (κ3) is 3.08. The molecular weight excluding hydrogens is 310 g/mol. The van der Waals surface area contributed by atoms with Gasteiger partial charge in [0.05, 0.1) is 5.02 Å². The summed E-state index contributed by atoms with van der Waals surface area (Å²) in [6, 6.07) is 1.99. The Hall–Kier alpha value is -1.47. The highest BCUT2D eigenvalue weighted by atomic mass is 35.5. The van der Waals surface area contributed by atoms with E-state index in [0.717, 1.165) is 30.8 Å². The highest BCUT2D eigenvalue weighted by Crippen LogP contribution is 2.34. The van der Waals surface area contributed by atoms with Crippen molar-refractivity contribution in [2.75, 3.05) is 6.54 Å². The molecule has 1 aliphatic heterocycles. The molecule has 0 saturated carbocycles. The fourth-order valence-corrected chi connectivity index (χ4v) is 4.18. The van der Waals surface area contributed by atoms with Gasteiger partial charge in [0.15, 0.2) is 0 Å². The van der Waals surface area contributed by atoms with Gasteiger partial charge >= 0.3 is 0 Å². The van der Waals surface area contributed by atoms with Gasteiger partial charge in [-0.3, -0.25) is 4.79 Å². The van der Waals surface area contributed by atoms with Crippen molar-refractivity contribution >= 4 is 28.8 Å². The van der Waals surface area contributed by atoms with Crippen molar-refractivity contribution in [1.29, 1.82) is 0 Å². The van der Waals surface area contributed by atoms with E-state index >= 15 is 0 Å². The van der Waals surface area contributed by atoms with E-state index in [1.54, 1.807) is 11.3 Å². The number of carbonyl (C=O) groups excluding carboxylic acids is 1.